The number of carboxylic acids is 1. The Kier molecular flexibility index (Phi) is 4.20. The molecule has 4 rings (SSSR count). The molecule has 2 atom stereocenters. The molecule has 6 heteroatoms. The van der Waals surface area contributed by atoms with Gasteiger partial charge in [-0.05, 0) is 71.1 Å². The Morgan fingerprint density at radius 2 is 2.19 bits per heavy atom. The third kappa shape index (κ3) is 2.97. The van der Waals surface area contributed by atoms with E-state index in [2.05, 4.69) is 21.7 Å². The predicted octanol–water partition coefficient (Wildman–Crippen LogP) is 4.78. The van der Waals surface area contributed by atoms with Gasteiger partial charge in [-0.1, -0.05) is 6.07 Å². The van der Waals surface area contributed by atoms with Crippen molar-refractivity contribution in [2.24, 2.45) is 0 Å². The van der Waals surface area contributed by atoms with Gasteiger partial charge in [0.1, 0.15) is 11.5 Å². The van der Waals surface area contributed by atoms with E-state index in [1.165, 1.54) is 6.07 Å². The molecule has 3 aromatic rings. The van der Waals surface area contributed by atoms with Crippen molar-refractivity contribution in [3.63, 3.8) is 0 Å². The highest BCUT2D eigenvalue weighted by molar-refractivity contribution is 7.08. The van der Waals surface area contributed by atoms with Gasteiger partial charge in [0.05, 0.1) is 6.04 Å². The molecule has 0 bridgehead atoms. The molecule has 132 valence electrons. The summed E-state index contributed by atoms with van der Waals surface area (Å²) >= 11 is 1.62. The molecule has 2 unspecified atom stereocenters. The summed E-state index contributed by atoms with van der Waals surface area (Å²) in [6.45, 7) is 1.75. The summed E-state index contributed by atoms with van der Waals surface area (Å²) in [5, 5.41) is 16.8. The van der Waals surface area contributed by atoms with Gasteiger partial charge in [-0.2, -0.15) is 11.3 Å². The van der Waals surface area contributed by atoms with Gasteiger partial charge in [0.2, 0.25) is 0 Å². The number of fused-ring (bicyclic) bond motifs is 1. The molecular formula is C20H17FN2O2S. The Morgan fingerprint density at radius 1 is 1.35 bits per heavy atom. The van der Waals surface area contributed by atoms with Crippen LogP contribution in [-0.4, -0.2) is 16.1 Å². The van der Waals surface area contributed by atoms with Crippen molar-refractivity contribution in [3.05, 3.63) is 81.1 Å². The second kappa shape index (κ2) is 6.53. The average Bonchev–Trinajstić information content (AvgIpc) is 3.25. The second-order valence-corrected chi connectivity index (χ2v) is 7.28. The van der Waals surface area contributed by atoms with E-state index < -0.39 is 5.97 Å². The molecule has 0 saturated heterocycles. The number of anilines is 1. The van der Waals surface area contributed by atoms with Crippen molar-refractivity contribution in [3.8, 4) is 0 Å². The van der Waals surface area contributed by atoms with Crippen molar-refractivity contribution >= 4 is 23.0 Å². The number of halogens is 1. The maximum atomic E-state index is 14.2. The van der Waals surface area contributed by atoms with E-state index in [-0.39, 0.29) is 23.5 Å². The van der Waals surface area contributed by atoms with Crippen LogP contribution in [-0.2, 0) is 6.42 Å². The largest absolute Gasteiger partial charge is 0.477 e. The molecule has 2 aromatic heterocycles. The SMILES string of the molecule is Cc1cc2c(cc1F)C(Cc1cccc(C(=O)O)n1)C(c1ccsc1)N2. The number of hydrogen-bond acceptors (Lipinski definition) is 4. The highest BCUT2D eigenvalue weighted by Crippen LogP contribution is 2.46. The van der Waals surface area contributed by atoms with Gasteiger partial charge >= 0.3 is 5.97 Å². The number of carbonyl (C=O) groups is 1. The van der Waals surface area contributed by atoms with Crippen LogP contribution in [0, 0.1) is 12.7 Å². The molecule has 0 saturated carbocycles. The van der Waals surface area contributed by atoms with Crippen LogP contribution in [0.1, 0.15) is 44.8 Å². The van der Waals surface area contributed by atoms with Gasteiger partial charge in [-0.15, -0.1) is 0 Å². The summed E-state index contributed by atoms with van der Waals surface area (Å²) in [4.78, 5) is 15.4. The molecule has 0 aliphatic carbocycles. The molecule has 0 amide bonds. The van der Waals surface area contributed by atoms with Crippen LogP contribution in [0.2, 0.25) is 0 Å². The molecule has 0 fully saturated rings. The topological polar surface area (TPSA) is 62.2 Å². The number of nitrogens with zero attached hydrogens (tertiary/aromatic N) is 1. The number of aromatic nitrogens is 1. The van der Waals surface area contributed by atoms with Crippen molar-refractivity contribution in [2.75, 3.05) is 5.32 Å². The lowest BCUT2D eigenvalue weighted by molar-refractivity contribution is 0.0690. The summed E-state index contributed by atoms with van der Waals surface area (Å²) in [7, 11) is 0. The van der Waals surface area contributed by atoms with Crippen molar-refractivity contribution < 1.29 is 14.3 Å². The van der Waals surface area contributed by atoms with Crippen LogP contribution in [0.25, 0.3) is 0 Å². The second-order valence-electron chi connectivity index (χ2n) is 6.50. The molecule has 1 aliphatic heterocycles. The van der Waals surface area contributed by atoms with Gasteiger partial charge < -0.3 is 10.4 Å². The van der Waals surface area contributed by atoms with Gasteiger partial charge in [-0.25, -0.2) is 14.2 Å². The predicted molar refractivity (Wildman–Crippen MR) is 99.5 cm³/mol. The number of nitrogens with one attached hydrogen (secondary N) is 1. The van der Waals surface area contributed by atoms with Crippen molar-refractivity contribution in [2.45, 2.75) is 25.3 Å². The zero-order valence-electron chi connectivity index (χ0n) is 14.1. The molecule has 4 nitrogen and oxygen atoms in total. The van der Waals surface area contributed by atoms with Crippen LogP contribution in [0.4, 0.5) is 10.1 Å². The number of pyridine rings is 1. The Balaban J connectivity index is 1.74. The molecule has 3 heterocycles. The lowest BCUT2D eigenvalue weighted by atomic mass is 9.87. The molecule has 0 spiro atoms. The monoisotopic (exact) mass is 368 g/mol. The number of hydrogen-bond donors (Lipinski definition) is 2. The number of carboxylic acid groups (broad SMARTS) is 1. The van der Waals surface area contributed by atoms with Crippen LogP contribution in [0.3, 0.4) is 0 Å². The first-order valence-corrected chi connectivity index (χ1v) is 9.25. The van der Waals surface area contributed by atoms with E-state index in [1.807, 2.05) is 17.5 Å². The Labute approximate surface area is 154 Å². The lowest BCUT2D eigenvalue weighted by Gasteiger charge is -2.19. The summed E-state index contributed by atoms with van der Waals surface area (Å²) in [5.41, 5.74) is 4.29. The molecule has 0 radical (unpaired) electrons. The van der Waals surface area contributed by atoms with Crippen molar-refractivity contribution in [1.29, 1.82) is 0 Å². The fourth-order valence-corrected chi connectivity index (χ4v) is 4.21. The molecule has 1 aliphatic rings. The summed E-state index contributed by atoms with van der Waals surface area (Å²) in [6.07, 6.45) is 0.532. The number of aryl methyl sites for hydroxylation is 1. The first-order chi connectivity index (χ1) is 12.5. The van der Waals surface area contributed by atoms with Gasteiger partial charge in [0, 0.05) is 17.3 Å². The fourth-order valence-electron chi connectivity index (χ4n) is 3.51. The Bertz CT molecular complexity index is 972. The van der Waals surface area contributed by atoms with E-state index in [0.29, 0.717) is 17.7 Å². The Morgan fingerprint density at radius 3 is 2.92 bits per heavy atom. The fraction of sp³-hybridized carbons (Fsp3) is 0.200. The quantitative estimate of drug-likeness (QED) is 0.696. The Hall–Kier alpha value is -2.73. The average molecular weight is 368 g/mol. The normalized spacial score (nSPS) is 18.4. The summed E-state index contributed by atoms with van der Waals surface area (Å²) < 4.78 is 14.2. The smallest absolute Gasteiger partial charge is 0.354 e. The van der Waals surface area contributed by atoms with E-state index in [0.717, 1.165) is 16.8 Å². The highest BCUT2D eigenvalue weighted by atomic mass is 32.1. The lowest BCUT2D eigenvalue weighted by Crippen LogP contribution is -2.14. The third-order valence-corrected chi connectivity index (χ3v) is 5.50. The number of benzene rings is 1. The number of thiophene rings is 1. The minimum absolute atomic E-state index is 0.00716. The minimum atomic E-state index is -1.05. The van der Waals surface area contributed by atoms with Crippen LogP contribution < -0.4 is 5.32 Å². The third-order valence-electron chi connectivity index (χ3n) is 4.80. The summed E-state index contributed by atoms with van der Waals surface area (Å²) in [6, 6.07) is 10.5. The van der Waals surface area contributed by atoms with Crippen molar-refractivity contribution in [1.82, 2.24) is 4.98 Å². The minimum Gasteiger partial charge on any atom is -0.477 e. The van der Waals surface area contributed by atoms with Gasteiger partial charge in [0.15, 0.2) is 0 Å². The standard InChI is InChI=1S/C20H17FN2O2S/c1-11-7-18-14(9-16(11)21)15(19(23-18)12-5-6-26-10-12)8-13-3-2-4-17(22-13)20(24)25/h2-7,9-10,15,19,23H,8H2,1H3,(H,24,25). The van der Waals surface area contributed by atoms with E-state index in [1.54, 1.807) is 30.4 Å². The van der Waals surface area contributed by atoms with Crippen LogP contribution in [0.15, 0.2) is 47.2 Å². The molecule has 1 aromatic carbocycles. The first kappa shape index (κ1) is 16.7. The highest BCUT2D eigenvalue weighted by Gasteiger charge is 2.34. The molecular weight excluding hydrogens is 351 g/mol. The molecule has 2 N–H and O–H groups in total. The zero-order valence-corrected chi connectivity index (χ0v) is 14.9. The number of aromatic carboxylic acids is 1. The zero-order chi connectivity index (χ0) is 18.3. The first-order valence-electron chi connectivity index (χ1n) is 8.31. The van der Waals surface area contributed by atoms with E-state index in [9.17, 15) is 14.3 Å². The maximum absolute atomic E-state index is 14.2. The van der Waals surface area contributed by atoms with Crippen LogP contribution >= 0.6 is 11.3 Å². The van der Waals surface area contributed by atoms with Gasteiger partial charge in [0.25, 0.3) is 0 Å². The van der Waals surface area contributed by atoms with E-state index in [4.69, 9.17) is 0 Å². The number of rotatable bonds is 4. The van der Waals surface area contributed by atoms with E-state index >= 15 is 0 Å². The summed E-state index contributed by atoms with van der Waals surface area (Å²) in [5.74, 6) is -1.30. The van der Waals surface area contributed by atoms with Crippen LogP contribution in [0.5, 0.6) is 0 Å². The maximum Gasteiger partial charge on any atom is 0.354 e. The molecule has 26 heavy (non-hydrogen) atoms. The van der Waals surface area contributed by atoms with Gasteiger partial charge in [-0.3, -0.25) is 0 Å².